The first kappa shape index (κ1) is 37.0. The molecule has 0 bridgehead atoms. The van der Waals surface area contributed by atoms with Crippen LogP contribution >= 0.6 is 0 Å². The number of anilines is 2. The van der Waals surface area contributed by atoms with Gasteiger partial charge in [0, 0.05) is 90.3 Å². The molecule has 2 amide bonds. The number of piperazine rings is 1. The lowest BCUT2D eigenvalue weighted by Gasteiger charge is -2.36. The molecule has 3 heterocycles. The number of nitrogens with one attached hydrogen (secondary N) is 2. The van der Waals surface area contributed by atoms with Crippen molar-refractivity contribution in [3.8, 4) is 0 Å². The van der Waals surface area contributed by atoms with Crippen molar-refractivity contribution in [2.24, 2.45) is 0 Å². The molecule has 268 valence electrons. The van der Waals surface area contributed by atoms with Crippen LogP contribution in [0, 0.1) is 19.7 Å². The quantitative estimate of drug-likeness (QED) is 0.257. The molecule has 14 heteroatoms. The van der Waals surface area contributed by atoms with Crippen LogP contribution in [-0.2, 0) is 27.1 Å². The highest BCUT2D eigenvalue weighted by atomic mass is 32.2. The lowest BCUT2D eigenvalue weighted by molar-refractivity contribution is -0.125. The van der Waals surface area contributed by atoms with Crippen LogP contribution in [0.1, 0.15) is 52.7 Å². The number of carbonyl (C=O) groups is 3. The van der Waals surface area contributed by atoms with Gasteiger partial charge in [-0.1, -0.05) is 12.1 Å². The lowest BCUT2D eigenvalue weighted by Crippen LogP contribution is -2.47. The summed E-state index contributed by atoms with van der Waals surface area (Å²) in [5.41, 5.74) is 3.32. The van der Waals surface area contributed by atoms with Crippen molar-refractivity contribution in [1.82, 2.24) is 29.4 Å². The van der Waals surface area contributed by atoms with Gasteiger partial charge in [-0.15, -0.1) is 0 Å². The summed E-state index contributed by atoms with van der Waals surface area (Å²) >= 11 is 0. The number of likely N-dealkylation sites (N-methyl/N-ethyl adjacent to an activating group) is 2. The van der Waals surface area contributed by atoms with E-state index in [-0.39, 0.29) is 30.4 Å². The molecule has 0 aliphatic carbocycles. The fourth-order valence-electron chi connectivity index (χ4n) is 6.49. The highest BCUT2D eigenvalue weighted by Crippen LogP contribution is 2.27. The summed E-state index contributed by atoms with van der Waals surface area (Å²) in [6.45, 7) is 8.47. The van der Waals surface area contributed by atoms with E-state index < -0.39 is 28.8 Å². The minimum Gasteiger partial charge on any atom is -0.367 e. The Labute approximate surface area is 296 Å². The van der Waals surface area contributed by atoms with E-state index in [9.17, 15) is 18.6 Å². The molecule has 2 atom stereocenters. The number of amides is 2. The van der Waals surface area contributed by atoms with Crippen LogP contribution < -0.4 is 15.5 Å². The Hall–Kier alpha value is -4.27. The van der Waals surface area contributed by atoms with E-state index in [4.69, 9.17) is 0 Å². The number of nitrogens with zero attached hydrogens (tertiary/aromatic N) is 6. The Morgan fingerprint density at radius 2 is 1.76 bits per heavy atom. The van der Waals surface area contributed by atoms with Crippen molar-refractivity contribution in [3.05, 3.63) is 76.9 Å². The molecule has 0 saturated carbocycles. The third-order valence-corrected chi connectivity index (χ3v) is 10.9. The highest BCUT2D eigenvalue weighted by Gasteiger charge is 2.29. The summed E-state index contributed by atoms with van der Waals surface area (Å²) in [5, 5.41) is 5.93. The van der Waals surface area contributed by atoms with Crippen molar-refractivity contribution in [2.75, 3.05) is 63.6 Å². The molecule has 2 aliphatic rings. The van der Waals surface area contributed by atoms with Crippen molar-refractivity contribution in [2.45, 2.75) is 63.1 Å². The summed E-state index contributed by atoms with van der Waals surface area (Å²) in [5.74, 6) is -0.729. The van der Waals surface area contributed by atoms with E-state index in [0.29, 0.717) is 69.3 Å². The van der Waals surface area contributed by atoms with Gasteiger partial charge in [-0.2, -0.15) is 0 Å². The standard InChI is InChI=1S/C36H47FN8O4S/c1-25-22-39-36(40-23-25)41-28-10-12-45(13-11-28)50(49)29-8-5-7-27(20-29)24-43-14-16-44(17-15-43)33-19-26(2)30(21-31(33)37)35(48)42(4)32(9-6-18-46)34(47)38-3/h5,7-8,18-23,28,32H,6,9-17,24H2,1-4H3,(H,38,47)(H,39,40,41). The van der Waals surface area contributed by atoms with Gasteiger partial charge in [0.15, 0.2) is 0 Å². The first-order chi connectivity index (χ1) is 24.1. The van der Waals surface area contributed by atoms with E-state index in [1.165, 1.54) is 25.1 Å². The Morgan fingerprint density at radius 3 is 2.42 bits per heavy atom. The number of aryl methyl sites for hydroxylation is 2. The maximum atomic E-state index is 15.5. The number of piperidine rings is 1. The maximum absolute atomic E-state index is 15.5. The molecule has 12 nitrogen and oxygen atoms in total. The Bertz CT molecular complexity index is 1680. The summed E-state index contributed by atoms with van der Waals surface area (Å²) in [6, 6.07) is 10.3. The molecular formula is C36H47FN8O4S. The Kier molecular flexibility index (Phi) is 12.7. The highest BCUT2D eigenvalue weighted by molar-refractivity contribution is 7.82. The topological polar surface area (TPSA) is 131 Å². The molecule has 2 N–H and O–H groups in total. The van der Waals surface area contributed by atoms with Crippen LogP contribution in [0.3, 0.4) is 0 Å². The molecule has 2 saturated heterocycles. The molecule has 5 rings (SSSR count). The van der Waals surface area contributed by atoms with Gasteiger partial charge in [-0.3, -0.25) is 14.5 Å². The van der Waals surface area contributed by atoms with E-state index in [1.54, 1.807) is 25.4 Å². The SMILES string of the molecule is CNC(=O)C(CCC=O)N(C)C(=O)c1cc(F)c(N2CCN(Cc3cccc(S(=O)N4CCC(Nc5ncc(C)cn5)CC4)c3)CC2)cc1C. The predicted molar refractivity (Wildman–Crippen MR) is 192 cm³/mol. The summed E-state index contributed by atoms with van der Waals surface area (Å²) in [6.07, 6.45) is 6.31. The van der Waals surface area contributed by atoms with Gasteiger partial charge >= 0.3 is 0 Å². The Balaban J connectivity index is 1.14. The maximum Gasteiger partial charge on any atom is 0.254 e. The van der Waals surface area contributed by atoms with Crippen LogP contribution in [0.4, 0.5) is 16.0 Å². The third-order valence-electron chi connectivity index (χ3n) is 9.44. The van der Waals surface area contributed by atoms with E-state index in [1.807, 2.05) is 40.4 Å². The van der Waals surface area contributed by atoms with E-state index in [0.717, 1.165) is 28.9 Å². The average molecular weight is 707 g/mol. The van der Waals surface area contributed by atoms with Gasteiger partial charge < -0.3 is 25.2 Å². The molecule has 1 aromatic heterocycles. The number of rotatable bonds is 13. The van der Waals surface area contributed by atoms with Crippen molar-refractivity contribution < 1.29 is 23.0 Å². The number of halogens is 1. The van der Waals surface area contributed by atoms with Crippen LogP contribution in [-0.4, -0.2) is 112 Å². The molecule has 3 aromatic rings. The summed E-state index contributed by atoms with van der Waals surface area (Å²) in [4.78, 5) is 51.7. The molecule has 50 heavy (non-hydrogen) atoms. The zero-order valence-electron chi connectivity index (χ0n) is 29.2. The van der Waals surface area contributed by atoms with Crippen LogP contribution in [0.25, 0.3) is 0 Å². The minimum absolute atomic E-state index is 0.127. The minimum atomic E-state index is -1.26. The first-order valence-corrected chi connectivity index (χ1v) is 18.2. The number of hydrogen-bond donors (Lipinski definition) is 2. The lowest BCUT2D eigenvalue weighted by atomic mass is 10.0. The molecule has 0 radical (unpaired) electrons. The van der Waals surface area contributed by atoms with Crippen molar-refractivity contribution in [3.63, 3.8) is 0 Å². The second-order valence-electron chi connectivity index (χ2n) is 13.0. The molecule has 2 fully saturated rings. The van der Waals surface area contributed by atoms with Gasteiger partial charge in [0.05, 0.1) is 10.6 Å². The predicted octanol–water partition coefficient (Wildman–Crippen LogP) is 3.32. The summed E-state index contributed by atoms with van der Waals surface area (Å²) < 4.78 is 31.1. The second-order valence-corrected chi connectivity index (χ2v) is 14.5. The van der Waals surface area contributed by atoms with Gasteiger partial charge in [-0.25, -0.2) is 22.9 Å². The second kappa shape index (κ2) is 17.1. The average Bonchev–Trinajstić information content (AvgIpc) is 3.13. The molecule has 0 spiro atoms. The van der Waals surface area contributed by atoms with Crippen LogP contribution in [0.2, 0.25) is 0 Å². The van der Waals surface area contributed by atoms with Gasteiger partial charge in [0.1, 0.15) is 29.1 Å². The normalized spacial score (nSPS) is 17.2. The van der Waals surface area contributed by atoms with Gasteiger partial charge in [0.25, 0.3) is 5.91 Å². The smallest absolute Gasteiger partial charge is 0.254 e. The third kappa shape index (κ3) is 9.09. The zero-order valence-corrected chi connectivity index (χ0v) is 30.0. The van der Waals surface area contributed by atoms with Crippen molar-refractivity contribution >= 4 is 40.7 Å². The molecule has 2 unspecified atom stereocenters. The first-order valence-electron chi connectivity index (χ1n) is 17.1. The molecule has 2 aliphatic heterocycles. The number of hydrogen-bond acceptors (Lipinski definition) is 9. The number of benzene rings is 2. The largest absolute Gasteiger partial charge is 0.367 e. The monoisotopic (exact) mass is 706 g/mol. The Morgan fingerprint density at radius 1 is 1.06 bits per heavy atom. The molecular weight excluding hydrogens is 660 g/mol. The zero-order chi connectivity index (χ0) is 35.8. The van der Waals surface area contributed by atoms with Crippen molar-refractivity contribution in [1.29, 1.82) is 0 Å². The van der Waals surface area contributed by atoms with Crippen LogP contribution in [0.15, 0.2) is 53.7 Å². The van der Waals surface area contributed by atoms with Gasteiger partial charge in [0.2, 0.25) is 11.9 Å². The summed E-state index contributed by atoms with van der Waals surface area (Å²) in [7, 11) is 1.71. The fourth-order valence-corrected chi connectivity index (χ4v) is 7.77. The van der Waals surface area contributed by atoms with E-state index in [2.05, 4.69) is 25.5 Å². The number of aldehydes is 1. The fraction of sp³-hybridized carbons (Fsp3) is 0.472. The number of carbonyl (C=O) groups excluding carboxylic acids is 3. The molecule has 2 aromatic carbocycles. The van der Waals surface area contributed by atoms with Crippen LogP contribution in [0.5, 0.6) is 0 Å². The number of aromatic nitrogens is 2. The van der Waals surface area contributed by atoms with E-state index >= 15 is 4.39 Å². The van der Waals surface area contributed by atoms with Gasteiger partial charge in [-0.05, 0) is 74.1 Å².